The predicted molar refractivity (Wildman–Crippen MR) is 29.7 cm³/mol. The van der Waals surface area contributed by atoms with Crippen molar-refractivity contribution < 1.29 is 0 Å². The summed E-state index contributed by atoms with van der Waals surface area (Å²) in [6, 6.07) is 1.76. The fourth-order valence-electron chi connectivity index (χ4n) is 0.348. The van der Waals surface area contributed by atoms with E-state index >= 15 is 0 Å². The SMILES string of the molecule is Cn1[c]cc(Br)n1. The molecule has 0 fully saturated rings. The molecule has 0 bridgehead atoms. The third kappa shape index (κ3) is 1.03. The molecule has 0 N–H and O–H groups in total. The van der Waals surface area contributed by atoms with E-state index in [4.69, 9.17) is 0 Å². The molecular formula is C4H4BrN2. The summed E-state index contributed by atoms with van der Waals surface area (Å²) in [6.07, 6.45) is 2.83. The number of hydrogen-bond donors (Lipinski definition) is 0. The highest BCUT2D eigenvalue weighted by Crippen LogP contribution is 2.00. The molecule has 0 saturated carbocycles. The van der Waals surface area contributed by atoms with Crippen molar-refractivity contribution in [2.75, 3.05) is 0 Å². The molecule has 3 heteroatoms. The first-order valence-corrected chi connectivity index (χ1v) is 2.65. The molecule has 0 saturated heterocycles. The molecule has 0 unspecified atom stereocenters. The van der Waals surface area contributed by atoms with Gasteiger partial charge in [0, 0.05) is 13.1 Å². The Hall–Kier alpha value is -0.310. The highest BCUT2D eigenvalue weighted by atomic mass is 79.9. The topological polar surface area (TPSA) is 17.8 Å². The van der Waals surface area contributed by atoms with Gasteiger partial charge in [0.25, 0.3) is 0 Å². The molecule has 1 radical (unpaired) electrons. The minimum absolute atomic E-state index is 0.829. The van der Waals surface area contributed by atoms with Gasteiger partial charge in [0.15, 0.2) is 0 Å². The van der Waals surface area contributed by atoms with Crippen LogP contribution in [-0.4, -0.2) is 9.78 Å². The Bertz CT molecular complexity index is 142. The summed E-state index contributed by atoms with van der Waals surface area (Å²) in [5, 5.41) is 3.89. The van der Waals surface area contributed by atoms with Crippen molar-refractivity contribution in [3.05, 3.63) is 16.9 Å². The molecule has 0 aliphatic carbocycles. The van der Waals surface area contributed by atoms with Crippen molar-refractivity contribution in [1.82, 2.24) is 9.78 Å². The van der Waals surface area contributed by atoms with Crippen LogP contribution in [0.25, 0.3) is 0 Å². The van der Waals surface area contributed by atoms with Gasteiger partial charge in [-0.1, -0.05) is 0 Å². The van der Waals surface area contributed by atoms with E-state index in [2.05, 4.69) is 27.2 Å². The van der Waals surface area contributed by atoms with Crippen LogP contribution in [0.3, 0.4) is 0 Å². The molecule has 0 atom stereocenters. The van der Waals surface area contributed by atoms with Gasteiger partial charge in [0.05, 0.1) is 6.20 Å². The van der Waals surface area contributed by atoms with Gasteiger partial charge in [-0.05, 0) is 15.9 Å². The molecule has 2 nitrogen and oxygen atoms in total. The third-order valence-electron chi connectivity index (χ3n) is 0.616. The lowest BCUT2D eigenvalue weighted by Gasteiger charge is -1.78. The summed E-state index contributed by atoms with van der Waals surface area (Å²) < 4.78 is 2.44. The lowest BCUT2D eigenvalue weighted by Crippen LogP contribution is -1.85. The van der Waals surface area contributed by atoms with Gasteiger partial charge >= 0.3 is 0 Å². The second-order valence-corrected chi connectivity index (χ2v) is 2.03. The van der Waals surface area contributed by atoms with Crippen LogP contribution in [0.5, 0.6) is 0 Å². The molecule has 7 heavy (non-hydrogen) atoms. The lowest BCUT2D eigenvalue weighted by molar-refractivity contribution is 0.755. The van der Waals surface area contributed by atoms with Crippen LogP contribution >= 0.6 is 15.9 Å². The molecule has 37 valence electrons. The third-order valence-corrected chi connectivity index (χ3v) is 1.00. The second-order valence-electron chi connectivity index (χ2n) is 1.22. The number of aryl methyl sites for hydroxylation is 1. The first-order valence-electron chi connectivity index (χ1n) is 1.86. The molecule has 0 aromatic carbocycles. The molecule has 0 aliphatic heterocycles. The van der Waals surface area contributed by atoms with E-state index in [1.54, 1.807) is 10.7 Å². The first kappa shape index (κ1) is 4.84. The fraction of sp³-hybridized carbons (Fsp3) is 0.250. The minimum Gasteiger partial charge on any atom is -0.265 e. The number of halogens is 1. The zero-order valence-corrected chi connectivity index (χ0v) is 5.44. The summed E-state index contributed by atoms with van der Waals surface area (Å²) in [5.74, 6) is 0. The van der Waals surface area contributed by atoms with E-state index in [0.717, 1.165) is 4.60 Å². The maximum Gasteiger partial charge on any atom is 0.128 e. The van der Waals surface area contributed by atoms with E-state index in [0.29, 0.717) is 0 Å². The van der Waals surface area contributed by atoms with E-state index in [9.17, 15) is 0 Å². The Morgan fingerprint density at radius 2 is 2.71 bits per heavy atom. The second kappa shape index (κ2) is 1.66. The molecule has 0 aliphatic rings. The lowest BCUT2D eigenvalue weighted by atomic mass is 10.8. The highest BCUT2D eigenvalue weighted by Gasteiger charge is 1.85. The van der Waals surface area contributed by atoms with Crippen molar-refractivity contribution in [2.24, 2.45) is 7.05 Å². The van der Waals surface area contributed by atoms with E-state index in [1.165, 1.54) is 0 Å². The van der Waals surface area contributed by atoms with Crippen LogP contribution in [0.1, 0.15) is 0 Å². The molecule has 1 aromatic rings. The van der Waals surface area contributed by atoms with Gasteiger partial charge in [-0.15, -0.1) is 0 Å². The summed E-state index contributed by atoms with van der Waals surface area (Å²) >= 11 is 3.17. The number of hydrogen-bond acceptors (Lipinski definition) is 1. The Labute approximate surface area is 50.3 Å². The minimum atomic E-state index is 0.829. The molecule has 0 amide bonds. The summed E-state index contributed by atoms with van der Waals surface area (Å²) in [4.78, 5) is 0. The normalized spacial score (nSPS) is 9.43. The maximum atomic E-state index is 3.89. The zero-order chi connectivity index (χ0) is 5.28. The molecular weight excluding hydrogens is 156 g/mol. The highest BCUT2D eigenvalue weighted by molar-refractivity contribution is 9.10. The summed E-state index contributed by atoms with van der Waals surface area (Å²) in [6.45, 7) is 0. The number of rotatable bonds is 0. The molecule has 1 heterocycles. The zero-order valence-electron chi connectivity index (χ0n) is 3.85. The Kier molecular flexibility index (Phi) is 1.15. The Morgan fingerprint density at radius 1 is 2.00 bits per heavy atom. The van der Waals surface area contributed by atoms with Crippen LogP contribution in [-0.2, 0) is 7.05 Å². The van der Waals surface area contributed by atoms with Crippen molar-refractivity contribution in [3.8, 4) is 0 Å². The van der Waals surface area contributed by atoms with E-state index in [-0.39, 0.29) is 0 Å². The fourth-order valence-corrected chi connectivity index (χ4v) is 0.688. The van der Waals surface area contributed by atoms with Crippen LogP contribution < -0.4 is 0 Å². The average molecular weight is 160 g/mol. The summed E-state index contributed by atoms with van der Waals surface area (Å²) in [5.41, 5.74) is 0. The van der Waals surface area contributed by atoms with E-state index in [1.807, 2.05) is 7.05 Å². The van der Waals surface area contributed by atoms with Gasteiger partial charge < -0.3 is 0 Å². The number of aromatic nitrogens is 2. The Balaban J connectivity index is 3.04. The Morgan fingerprint density at radius 3 is 2.86 bits per heavy atom. The van der Waals surface area contributed by atoms with Gasteiger partial charge in [0.1, 0.15) is 4.60 Å². The first-order chi connectivity index (χ1) is 3.29. The van der Waals surface area contributed by atoms with E-state index < -0.39 is 0 Å². The monoisotopic (exact) mass is 159 g/mol. The van der Waals surface area contributed by atoms with Crippen LogP contribution in [0.15, 0.2) is 10.7 Å². The van der Waals surface area contributed by atoms with Crippen LogP contribution in [0.4, 0.5) is 0 Å². The molecule has 1 aromatic heterocycles. The van der Waals surface area contributed by atoms with Gasteiger partial charge in [-0.3, -0.25) is 4.68 Å². The summed E-state index contributed by atoms with van der Waals surface area (Å²) in [7, 11) is 1.82. The predicted octanol–water partition coefficient (Wildman–Crippen LogP) is 0.983. The maximum absolute atomic E-state index is 3.89. The van der Waals surface area contributed by atoms with Gasteiger partial charge in [-0.2, -0.15) is 5.10 Å². The van der Waals surface area contributed by atoms with Gasteiger partial charge in [0.2, 0.25) is 0 Å². The van der Waals surface area contributed by atoms with Crippen molar-refractivity contribution in [2.45, 2.75) is 0 Å². The van der Waals surface area contributed by atoms with Gasteiger partial charge in [-0.25, -0.2) is 0 Å². The van der Waals surface area contributed by atoms with Crippen molar-refractivity contribution in [3.63, 3.8) is 0 Å². The average Bonchev–Trinajstić information content (AvgIpc) is 1.87. The molecule has 1 rings (SSSR count). The quantitative estimate of drug-likeness (QED) is 0.553. The molecule has 0 spiro atoms. The van der Waals surface area contributed by atoms with Crippen LogP contribution in [0.2, 0.25) is 0 Å². The van der Waals surface area contributed by atoms with Crippen LogP contribution in [0, 0.1) is 6.20 Å². The van der Waals surface area contributed by atoms with Crippen molar-refractivity contribution in [1.29, 1.82) is 0 Å². The smallest absolute Gasteiger partial charge is 0.128 e. The number of nitrogens with zero attached hydrogens (tertiary/aromatic N) is 2. The van der Waals surface area contributed by atoms with Crippen molar-refractivity contribution >= 4 is 15.9 Å². The largest absolute Gasteiger partial charge is 0.265 e. The standard InChI is InChI=1S/C4H4BrN2/c1-7-3-2-4(5)6-7/h2H,1H3.